The normalized spacial score (nSPS) is 14.1. The molecule has 4 rings (SSSR count). The lowest BCUT2D eigenvalue weighted by Gasteiger charge is -2.29. The van der Waals surface area contributed by atoms with E-state index in [-0.39, 0.29) is 17.5 Å². The lowest BCUT2D eigenvalue weighted by atomic mass is 10.1. The number of benzene rings is 2. The summed E-state index contributed by atoms with van der Waals surface area (Å²) in [6, 6.07) is 14.6. The van der Waals surface area contributed by atoms with Crippen molar-refractivity contribution in [2.75, 3.05) is 14.2 Å². The van der Waals surface area contributed by atoms with Crippen LogP contribution >= 0.6 is 0 Å². The van der Waals surface area contributed by atoms with Crippen LogP contribution in [0.15, 0.2) is 57.7 Å². The van der Waals surface area contributed by atoms with Crippen molar-refractivity contribution < 1.29 is 18.7 Å². The predicted molar refractivity (Wildman–Crippen MR) is 114 cm³/mol. The molecule has 0 N–H and O–H groups in total. The Balaban J connectivity index is 1.70. The Morgan fingerprint density at radius 2 is 1.77 bits per heavy atom. The molecule has 1 fully saturated rings. The highest BCUT2D eigenvalue weighted by atomic mass is 16.5. The van der Waals surface area contributed by atoms with E-state index >= 15 is 0 Å². The van der Waals surface area contributed by atoms with Gasteiger partial charge in [-0.25, -0.2) is 4.79 Å². The summed E-state index contributed by atoms with van der Waals surface area (Å²) in [5, 5.41) is 0.734. The Hall–Kier alpha value is -3.28. The van der Waals surface area contributed by atoms with Crippen LogP contribution in [0, 0.1) is 0 Å². The van der Waals surface area contributed by atoms with Crippen molar-refractivity contribution in [3.05, 3.63) is 70.1 Å². The molecule has 0 spiro atoms. The number of rotatable bonds is 6. The van der Waals surface area contributed by atoms with E-state index in [2.05, 4.69) is 0 Å². The average Bonchev–Trinajstić information content (AvgIpc) is 3.31. The highest BCUT2D eigenvalue weighted by molar-refractivity contribution is 5.96. The zero-order valence-electron chi connectivity index (χ0n) is 17.2. The first-order valence-electron chi connectivity index (χ1n) is 10.2. The third-order valence-electron chi connectivity index (χ3n) is 5.70. The summed E-state index contributed by atoms with van der Waals surface area (Å²) < 4.78 is 16.1. The molecular weight excluding hydrogens is 382 g/mol. The molecule has 1 aromatic heterocycles. The number of amides is 1. The van der Waals surface area contributed by atoms with Gasteiger partial charge in [-0.2, -0.15) is 0 Å². The number of hydrogen-bond acceptors (Lipinski definition) is 5. The number of ether oxygens (including phenoxy) is 2. The fourth-order valence-corrected chi connectivity index (χ4v) is 4.12. The SMILES string of the molecule is COc1ccc(CN(C(=O)c2cc3ccccc3oc2=O)C2CCCC2)cc1OC. The number of carbonyl (C=O) groups is 1. The number of nitrogens with zero attached hydrogens (tertiary/aromatic N) is 1. The van der Waals surface area contributed by atoms with E-state index in [0.717, 1.165) is 36.6 Å². The highest BCUT2D eigenvalue weighted by Gasteiger charge is 2.30. The van der Waals surface area contributed by atoms with E-state index in [1.807, 2.05) is 30.3 Å². The van der Waals surface area contributed by atoms with Crippen molar-refractivity contribution in [2.45, 2.75) is 38.3 Å². The maximum absolute atomic E-state index is 13.5. The van der Waals surface area contributed by atoms with Crippen LogP contribution in [0.1, 0.15) is 41.6 Å². The first-order valence-corrected chi connectivity index (χ1v) is 10.2. The summed E-state index contributed by atoms with van der Waals surface area (Å²) in [6.07, 6.45) is 4.01. The summed E-state index contributed by atoms with van der Waals surface area (Å²) in [5.41, 5.74) is 0.861. The summed E-state index contributed by atoms with van der Waals surface area (Å²) in [7, 11) is 3.17. The van der Waals surface area contributed by atoms with E-state index in [1.165, 1.54) is 0 Å². The fourth-order valence-electron chi connectivity index (χ4n) is 4.12. The van der Waals surface area contributed by atoms with Crippen molar-refractivity contribution in [1.29, 1.82) is 0 Å². The molecule has 1 saturated carbocycles. The molecular formula is C24H25NO5. The van der Waals surface area contributed by atoms with Gasteiger partial charge in [0, 0.05) is 18.0 Å². The molecule has 156 valence electrons. The number of fused-ring (bicyclic) bond motifs is 1. The second-order valence-corrected chi connectivity index (χ2v) is 7.55. The molecule has 1 amide bonds. The Morgan fingerprint density at radius 1 is 1.03 bits per heavy atom. The Kier molecular flexibility index (Phi) is 5.74. The molecule has 0 radical (unpaired) electrons. The van der Waals surface area contributed by atoms with Crippen molar-refractivity contribution in [3.63, 3.8) is 0 Å². The molecule has 0 saturated heterocycles. The molecule has 30 heavy (non-hydrogen) atoms. The third-order valence-corrected chi connectivity index (χ3v) is 5.70. The van der Waals surface area contributed by atoms with E-state index in [9.17, 15) is 9.59 Å². The Labute approximate surface area is 175 Å². The van der Waals surface area contributed by atoms with Gasteiger partial charge in [0.2, 0.25) is 0 Å². The van der Waals surface area contributed by atoms with E-state index in [0.29, 0.717) is 23.6 Å². The topological polar surface area (TPSA) is 69.0 Å². The standard InChI is InChI=1S/C24H25NO5/c1-28-21-12-11-16(13-22(21)29-2)15-25(18-8-4-5-9-18)23(26)19-14-17-7-3-6-10-20(17)30-24(19)27/h3,6-7,10-14,18H,4-5,8-9,15H2,1-2H3. The number of methoxy groups -OCH3 is 2. The lowest BCUT2D eigenvalue weighted by molar-refractivity contribution is 0.0660. The van der Waals surface area contributed by atoms with Gasteiger partial charge in [0.15, 0.2) is 11.5 Å². The Bertz CT molecular complexity index is 1110. The smallest absolute Gasteiger partial charge is 0.349 e. The average molecular weight is 407 g/mol. The van der Waals surface area contributed by atoms with Gasteiger partial charge in [-0.15, -0.1) is 0 Å². The van der Waals surface area contributed by atoms with Gasteiger partial charge in [-0.05, 0) is 42.7 Å². The van der Waals surface area contributed by atoms with Crippen LogP contribution in [-0.2, 0) is 6.54 Å². The molecule has 6 nitrogen and oxygen atoms in total. The summed E-state index contributed by atoms with van der Waals surface area (Å²) in [6.45, 7) is 0.385. The Morgan fingerprint density at radius 3 is 2.50 bits per heavy atom. The first kappa shape index (κ1) is 20.0. The predicted octanol–water partition coefficient (Wildman–Crippen LogP) is 4.40. The zero-order chi connectivity index (χ0) is 21.1. The molecule has 1 aliphatic carbocycles. The second-order valence-electron chi connectivity index (χ2n) is 7.55. The van der Waals surface area contributed by atoms with Crippen LogP contribution in [0.3, 0.4) is 0 Å². The lowest BCUT2D eigenvalue weighted by Crippen LogP contribution is -2.40. The van der Waals surface area contributed by atoms with Crippen LogP contribution in [0.5, 0.6) is 11.5 Å². The molecule has 0 unspecified atom stereocenters. The largest absolute Gasteiger partial charge is 0.493 e. The van der Waals surface area contributed by atoms with Crippen LogP contribution in [0.2, 0.25) is 0 Å². The maximum Gasteiger partial charge on any atom is 0.349 e. The fraction of sp³-hybridized carbons (Fsp3) is 0.333. The van der Waals surface area contributed by atoms with E-state index in [4.69, 9.17) is 13.9 Å². The molecule has 3 aromatic rings. The minimum absolute atomic E-state index is 0.0704. The van der Waals surface area contributed by atoms with Crippen molar-refractivity contribution in [2.24, 2.45) is 0 Å². The van der Waals surface area contributed by atoms with Gasteiger partial charge in [0.25, 0.3) is 5.91 Å². The van der Waals surface area contributed by atoms with Gasteiger partial charge in [0.05, 0.1) is 14.2 Å². The zero-order valence-corrected chi connectivity index (χ0v) is 17.2. The quantitative estimate of drug-likeness (QED) is 0.567. The molecule has 0 aliphatic heterocycles. The minimum Gasteiger partial charge on any atom is -0.493 e. The van der Waals surface area contributed by atoms with Crippen molar-refractivity contribution in [1.82, 2.24) is 4.90 Å². The van der Waals surface area contributed by atoms with Gasteiger partial charge in [-0.1, -0.05) is 37.1 Å². The first-order chi connectivity index (χ1) is 14.6. The summed E-state index contributed by atoms with van der Waals surface area (Å²) in [4.78, 5) is 27.9. The molecule has 0 atom stereocenters. The van der Waals surface area contributed by atoms with Gasteiger partial charge in [-0.3, -0.25) is 4.79 Å². The monoisotopic (exact) mass is 407 g/mol. The van der Waals surface area contributed by atoms with E-state index in [1.54, 1.807) is 37.3 Å². The maximum atomic E-state index is 13.5. The minimum atomic E-state index is -0.603. The van der Waals surface area contributed by atoms with Gasteiger partial charge in [0.1, 0.15) is 11.1 Å². The number of para-hydroxylation sites is 1. The van der Waals surface area contributed by atoms with Crippen LogP contribution in [0.4, 0.5) is 0 Å². The van der Waals surface area contributed by atoms with Crippen LogP contribution < -0.4 is 15.1 Å². The number of carbonyl (C=O) groups excluding carboxylic acids is 1. The van der Waals surface area contributed by atoms with Crippen LogP contribution in [0.25, 0.3) is 11.0 Å². The highest BCUT2D eigenvalue weighted by Crippen LogP contribution is 2.31. The van der Waals surface area contributed by atoms with E-state index < -0.39 is 5.63 Å². The molecule has 1 heterocycles. The molecule has 6 heteroatoms. The van der Waals surface area contributed by atoms with Crippen molar-refractivity contribution >= 4 is 16.9 Å². The van der Waals surface area contributed by atoms with Gasteiger partial charge >= 0.3 is 5.63 Å². The second kappa shape index (κ2) is 8.61. The molecule has 0 bridgehead atoms. The van der Waals surface area contributed by atoms with Crippen LogP contribution in [-0.4, -0.2) is 31.1 Å². The molecule has 1 aliphatic rings. The summed E-state index contributed by atoms with van der Waals surface area (Å²) in [5.74, 6) is 0.949. The third kappa shape index (κ3) is 3.90. The molecule has 2 aromatic carbocycles. The van der Waals surface area contributed by atoms with Gasteiger partial charge < -0.3 is 18.8 Å². The van der Waals surface area contributed by atoms with Crippen molar-refractivity contribution in [3.8, 4) is 11.5 Å². The number of hydrogen-bond donors (Lipinski definition) is 0. The summed E-state index contributed by atoms with van der Waals surface area (Å²) >= 11 is 0.